The van der Waals surface area contributed by atoms with Crippen molar-refractivity contribution in [3.8, 4) is 5.82 Å². The van der Waals surface area contributed by atoms with E-state index in [2.05, 4.69) is 9.97 Å². The van der Waals surface area contributed by atoms with Crippen molar-refractivity contribution in [1.82, 2.24) is 23.7 Å². The van der Waals surface area contributed by atoms with Crippen molar-refractivity contribution in [2.45, 2.75) is 32.6 Å². The van der Waals surface area contributed by atoms with Crippen LogP contribution < -0.4 is 0 Å². The second-order valence-corrected chi connectivity index (χ2v) is 10.0. The van der Waals surface area contributed by atoms with E-state index >= 15 is 0 Å². The molecule has 168 valence electrons. The maximum absolute atomic E-state index is 13.4. The molecule has 1 aromatic carbocycles. The lowest BCUT2D eigenvalue weighted by molar-refractivity contribution is 0.0697. The topological polar surface area (TPSA) is 88.4 Å². The van der Waals surface area contributed by atoms with Gasteiger partial charge in [0.2, 0.25) is 10.0 Å². The summed E-state index contributed by atoms with van der Waals surface area (Å²) < 4.78 is 30.1. The lowest BCUT2D eigenvalue weighted by Gasteiger charge is -2.34. The van der Waals surface area contributed by atoms with Gasteiger partial charge >= 0.3 is 0 Å². The first-order valence-corrected chi connectivity index (χ1v) is 12.0. The van der Waals surface area contributed by atoms with Crippen LogP contribution in [0.5, 0.6) is 0 Å². The standard InChI is InChI=1S/C23H27N5O3S/c1-16-13-17(2)19(4)22(18(16)3)32(30,31)28-11-9-26(10-12-28)23(29)20-5-6-21(25-14-20)27-8-7-24-15-27/h5-8,13-15H,9-12H2,1-4H3. The van der Waals surface area contributed by atoms with Crippen molar-refractivity contribution in [3.05, 3.63) is 70.9 Å². The molecule has 0 N–H and O–H groups in total. The number of aromatic nitrogens is 3. The largest absolute Gasteiger partial charge is 0.336 e. The Kier molecular flexibility index (Phi) is 5.87. The van der Waals surface area contributed by atoms with E-state index in [-0.39, 0.29) is 19.0 Å². The van der Waals surface area contributed by atoms with Crippen LogP contribution in [-0.2, 0) is 10.0 Å². The molecular formula is C23H27N5O3S. The van der Waals surface area contributed by atoms with Crippen molar-refractivity contribution < 1.29 is 13.2 Å². The number of rotatable bonds is 4. The quantitative estimate of drug-likeness (QED) is 0.606. The maximum Gasteiger partial charge on any atom is 0.255 e. The van der Waals surface area contributed by atoms with Crippen LogP contribution in [0.15, 0.2) is 48.0 Å². The third kappa shape index (κ3) is 3.93. The number of sulfonamides is 1. The van der Waals surface area contributed by atoms with E-state index in [1.54, 1.807) is 46.5 Å². The fraction of sp³-hybridized carbons (Fsp3) is 0.348. The van der Waals surface area contributed by atoms with Crippen LogP contribution in [0.25, 0.3) is 5.82 Å². The van der Waals surface area contributed by atoms with Gasteiger partial charge in [0.15, 0.2) is 0 Å². The molecule has 0 saturated carbocycles. The van der Waals surface area contributed by atoms with E-state index in [9.17, 15) is 13.2 Å². The molecule has 1 aliphatic rings. The van der Waals surface area contributed by atoms with Gasteiger partial charge in [0.05, 0.1) is 10.5 Å². The Morgan fingerprint density at radius 2 is 1.62 bits per heavy atom. The van der Waals surface area contributed by atoms with Crippen molar-refractivity contribution in [2.75, 3.05) is 26.2 Å². The third-order valence-corrected chi connectivity index (χ3v) is 8.36. The first-order chi connectivity index (χ1) is 15.2. The Balaban J connectivity index is 1.48. The molecule has 1 saturated heterocycles. The highest BCUT2D eigenvalue weighted by Gasteiger charge is 2.33. The van der Waals surface area contributed by atoms with Crippen LogP contribution in [0.4, 0.5) is 0 Å². The monoisotopic (exact) mass is 453 g/mol. The third-order valence-electron chi connectivity index (χ3n) is 6.18. The van der Waals surface area contributed by atoms with Crippen molar-refractivity contribution >= 4 is 15.9 Å². The highest BCUT2D eigenvalue weighted by molar-refractivity contribution is 7.89. The van der Waals surface area contributed by atoms with Gasteiger partial charge in [-0.2, -0.15) is 4.31 Å². The highest BCUT2D eigenvalue weighted by atomic mass is 32.2. The number of carbonyl (C=O) groups excluding carboxylic acids is 1. The Bertz CT molecular complexity index is 1220. The first kappa shape index (κ1) is 22.2. The van der Waals surface area contributed by atoms with E-state index in [1.165, 1.54) is 4.31 Å². The predicted molar refractivity (Wildman–Crippen MR) is 121 cm³/mol. The average Bonchev–Trinajstić information content (AvgIpc) is 3.32. The van der Waals surface area contributed by atoms with E-state index < -0.39 is 10.0 Å². The van der Waals surface area contributed by atoms with Crippen LogP contribution in [0, 0.1) is 27.7 Å². The molecule has 1 amide bonds. The van der Waals surface area contributed by atoms with Gasteiger partial charge in [-0.1, -0.05) is 6.07 Å². The van der Waals surface area contributed by atoms with Crippen LogP contribution in [0.3, 0.4) is 0 Å². The van der Waals surface area contributed by atoms with Gasteiger partial charge in [-0.25, -0.2) is 18.4 Å². The number of hydrogen-bond donors (Lipinski definition) is 0. The number of hydrogen-bond acceptors (Lipinski definition) is 5. The molecule has 0 spiro atoms. The number of piperazine rings is 1. The summed E-state index contributed by atoms with van der Waals surface area (Å²) in [5.41, 5.74) is 3.98. The molecule has 2 aromatic heterocycles. The molecule has 3 aromatic rings. The van der Waals surface area contributed by atoms with E-state index in [1.807, 2.05) is 33.8 Å². The summed E-state index contributed by atoms with van der Waals surface area (Å²) in [6.45, 7) is 8.78. The maximum atomic E-state index is 13.4. The molecule has 0 radical (unpaired) electrons. The van der Waals surface area contributed by atoms with Crippen molar-refractivity contribution in [3.63, 3.8) is 0 Å². The second-order valence-electron chi connectivity index (χ2n) is 8.16. The molecular weight excluding hydrogens is 426 g/mol. The SMILES string of the molecule is Cc1cc(C)c(C)c(S(=O)(=O)N2CCN(C(=O)c3ccc(-n4ccnc4)nc3)CC2)c1C. The van der Waals surface area contributed by atoms with Crippen molar-refractivity contribution in [1.29, 1.82) is 0 Å². The number of carbonyl (C=O) groups is 1. The van der Waals surface area contributed by atoms with Gasteiger partial charge < -0.3 is 4.90 Å². The number of imidazole rings is 1. The molecule has 0 aliphatic carbocycles. The normalized spacial score (nSPS) is 15.2. The lowest BCUT2D eigenvalue weighted by atomic mass is 10.0. The molecule has 1 fully saturated rings. The molecule has 0 bridgehead atoms. The molecule has 32 heavy (non-hydrogen) atoms. The molecule has 1 aliphatic heterocycles. The summed E-state index contributed by atoms with van der Waals surface area (Å²) in [6, 6.07) is 5.52. The Morgan fingerprint density at radius 1 is 0.969 bits per heavy atom. The smallest absolute Gasteiger partial charge is 0.255 e. The molecule has 9 heteroatoms. The Morgan fingerprint density at radius 3 is 2.16 bits per heavy atom. The Labute approximate surface area is 188 Å². The van der Waals surface area contributed by atoms with Crippen LogP contribution >= 0.6 is 0 Å². The minimum absolute atomic E-state index is 0.148. The number of pyridine rings is 1. The summed E-state index contributed by atoms with van der Waals surface area (Å²) in [4.78, 5) is 23.3. The van der Waals surface area contributed by atoms with Gasteiger partial charge in [0, 0.05) is 44.8 Å². The molecule has 4 rings (SSSR count). The number of nitrogens with zero attached hydrogens (tertiary/aromatic N) is 5. The van der Waals surface area contributed by atoms with E-state index in [0.717, 1.165) is 22.3 Å². The molecule has 8 nitrogen and oxygen atoms in total. The van der Waals surface area contributed by atoms with Gasteiger partial charge in [-0.15, -0.1) is 0 Å². The van der Waals surface area contributed by atoms with Crippen LogP contribution in [0.1, 0.15) is 32.6 Å². The van der Waals surface area contributed by atoms with Gasteiger partial charge in [0.25, 0.3) is 5.91 Å². The molecule has 0 atom stereocenters. The fourth-order valence-corrected chi connectivity index (χ4v) is 6.07. The van der Waals surface area contributed by atoms with Crippen molar-refractivity contribution in [2.24, 2.45) is 0 Å². The Hall–Kier alpha value is -3.04. The summed E-state index contributed by atoms with van der Waals surface area (Å²) in [5, 5.41) is 0. The molecule has 3 heterocycles. The highest BCUT2D eigenvalue weighted by Crippen LogP contribution is 2.29. The van der Waals surface area contributed by atoms with E-state index in [4.69, 9.17) is 0 Å². The zero-order valence-electron chi connectivity index (χ0n) is 18.7. The number of amides is 1. The zero-order valence-corrected chi connectivity index (χ0v) is 19.6. The summed E-state index contributed by atoms with van der Waals surface area (Å²) in [6.07, 6.45) is 6.63. The summed E-state index contributed by atoms with van der Waals surface area (Å²) in [5.74, 6) is 0.527. The zero-order chi connectivity index (χ0) is 23.0. The lowest BCUT2D eigenvalue weighted by Crippen LogP contribution is -2.50. The number of benzene rings is 1. The van der Waals surface area contributed by atoms with Gasteiger partial charge in [-0.05, 0) is 62.1 Å². The first-order valence-electron chi connectivity index (χ1n) is 10.5. The second kappa shape index (κ2) is 8.48. The average molecular weight is 454 g/mol. The minimum atomic E-state index is -3.64. The molecule has 0 unspecified atom stereocenters. The number of aryl methyl sites for hydroxylation is 2. The predicted octanol–water partition coefficient (Wildman–Crippen LogP) is 2.65. The minimum Gasteiger partial charge on any atom is -0.336 e. The summed E-state index contributed by atoms with van der Waals surface area (Å²) in [7, 11) is -3.64. The van der Waals surface area contributed by atoms with Crippen LogP contribution in [0.2, 0.25) is 0 Å². The van der Waals surface area contributed by atoms with E-state index in [0.29, 0.717) is 29.4 Å². The fourth-order valence-electron chi connectivity index (χ4n) is 4.07. The summed E-state index contributed by atoms with van der Waals surface area (Å²) >= 11 is 0. The van der Waals surface area contributed by atoms with Gasteiger partial charge in [-0.3, -0.25) is 9.36 Å². The van der Waals surface area contributed by atoms with Gasteiger partial charge in [0.1, 0.15) is 12.1 Å². The van der Waals surface area contributed by atoms with Crippen LogP contribution in [-0.4, -0.2) is 64.2 Å².